The molecule has 2 aromatic rings. The lowest BCUT2D eigenvalue weighted by atomic mass is 10.0. The second kappa shape index (κ2) is 6.91. The van der Waals surface area contributed by atoms with E-state index in [1.807, 2.05) is 36.4 Å². The number of ether oxygens (including phenoxy) is 1. The zero-order chi connectivity index (χ0) is 14.5. The van der Waals surface area contributed by atoms with Crippen molar-refractivity contribution in [2.75, 3.05) is 7.11 Å². The Hall–Kier alpha value is -1.32. The van der Waals surface area contributed by atoms with E-state index in [-0.39, 0.29) is 5.78 Å². The zero-order valence-electron chi connectivity index (χ0n) is 11.0. The lowest BCUT2D eigenvalue weighted by Crippen LogP contribution is -2.07. The summed E-state index contributed by atoms with van der Waals surface area (Å²) >= 11 is 9.37. The van der Waals surface area contributed by atoms with E-state index < -0.39 is 0 Å². The van der Waals surface area contributed by atoms with Gasteiger partial charge in [0.25, 0.3) is 0 Å². The van der Waals surface area contributed by atoms with E-state index in [1.54, 1.807) is 13.2 Å². The Kier molecular flexibility index (Phi) is 5.21. The van der Waals surface area contributed by atoms with E-state index in [2.05, 4.69) is 15.9 Å². The standard InChI is InChI=1S/C16H14BrClO2/c1-20-15-5-6-16(17)12(10-15)9-14(19)8-11-3-2-4-13(18)7-11/h2-7,10H,8-9H2,1H3. The highest BCUT2D eigenvalue weighted by atomic mass is 79.9. The molecular formula is C16H14BrClO2. The molecule has 0 unspecified atom stereocenters. The number of halogens is 2. The molecule has 20 heavy (non-hydrogen) atoms. The average molecular weight is 354 g/mol. The van der Waals surface area contributed by atoms with Gasteiger partial charge in [-0.15, -0.1) is 0 Å². The summed E-state index contributed by atoms with van der Waals surface area (Å²) in [5.41, 5.74) is 1.86. The van der Waals surface area contributed by atoms with Crippen molar-refractivity contribution in [3.05, 3.63) is 63.1 Å². The maximum Gasteiger partial charge on any atom is 0.141 e. The topological polar surface area (TPSA) is 26.3 Å². The van der Waals surface area contributed by atoms with Gasteiger partial charge in [-0.3, -0.25) is 4.79 Å². The minimum atomic E-state index is 0.140. The third-order valence-electron chi connectivity index (χ3n) is 2.93. The summed E-state index contributed by atoms with van der Waals surface area (Å²) in [6, 6.07) is 13.0. The summed E-state index contributed by atoms with van der Waals surface area (Å²) in [7, 11) is 1.61. The van der Waals surface area contributed by atoms with Gasteiger partial charge in [0.05, 0.1) is 7.11 Å². The highest BCUT2D eigenvalue weighted by Crippen LogP contribution is 2.23. The van der Waals surface area contributed by atoms with Crippen LogP contribution in [-0.2, 0) is 17.6 Å². The van der Waals surface area contributed by atoms with E-state index in [0.717, 1.165) is 21.3 Å². The minimum Gasteiger partial charge on any atom is -0.497 e. The van der Waals surface area contributed by atoms with Gasteiger partial charge in [0.2, 0.25) is 0 Å². The maximum absolute atomic E-state index is 12.1. The van der Waals surface area contributed by atoms with Gasteiger partial charge in [0.1, 0.15) is 11.5 Å². The molecule has 0 radical (unpaired) electrons. The van der Waals surface area contributed by atoms with E-state index >= 15 is 0 Å². The van der Waals surface area contributed by atoms with Gasteiger partial charge in [0.15, 0.2) is 0 Å². The monoisotopic (exact) mass is 352 g/mol. The molecule has 0 aliphatic carbocycles. The zero-order valence-corrected chi connectivity index (χ0v) is 13.4. The fraction of sp³-hybridized carbons (Fsp3) is 0.188. The molecule has 0 amide bonds. The Labute approximate surface area is 131 Å². The number of ketones is 1. The molecule has 0 bridgehead atoms. The highest BCUT2D eigenvalue weighted by Gasteiger charge is 2.09. The van der Waals surface area contributed by atoms with Gasteiger partial charge in [-0.2, -0.15) is 0 Å². The number of carbonyl (C=O) groups is 1. The van der Waals surface area contributed by atoms with Crippen LogP contribution in [0, 0.1) is 0 Å². The Morgan fingerprint density at radius 3 is 2.70 bits per heavy atom. The molecule has 0 heterocycles. The van der Waals surface area contributed by atoms with Gasteiger partial charge in [-0.05, 0) is 41.5 Å². The Morgan fingerprint density at radius 1 is 1.20 bits per heavy atom. The van der Waals surface area contributed by atoms with E-state index in [1.165, 1.54) is 0 Å². The molecule has 2 nitrogen and oxygen atoms in total. The van der Waals surface area contributed by atoms with Crippen molar-refractivity contribution < 1.29 is 9.53 Å². The van der Waals surface area contributed by atoms with E-state index in [9.17, 15) is 4.79 Å². The lowest BCUT2D eigenvalue weighted by Gasteiger charge is -2.07. The van der Waals surface area contributed by atoms with Crippen LogP contribution in [0.3, 0.4) is 0 Å². The number of benzene rings is 2. The van der Waals surface area contributed by atoms with Crippen LogP contribution in [0.2, 0.25) is 5.02 Å². The summed E-state index contributed by atoms with van der Waals surface area (Å²) in [6.07, 6.45) is 0.745. The summed E-state index contributed by atoms with van der Waals surface area (Å²) in [5.74, 6) is 0.889. The van der Waals surface area contributed by atoms with Crippen LogP contribution >= 0.6 is 27.5 Å². The number of methoxy groups -OCH3 is 1. The number of Topliss-reactive ketones (excluding diaryl/α,β-unsaturated/α-hetero) is 1. The molecule has 0 saturated heterocycles. The normalized spacial score (nSPS) is 10.3. The van der Waals surface area contributed by atoms with Crippen molar-refractivity contribution in [2.45, 2.75) is 12.8 Å². The van der Waals surface area contributed by atoms with Crippen LogP contribution in [0.5, 0.6) is 5.75 Å². The second-order valence-electron chi connectivity index (χ2n) is 4.48. The van der Waals surface area contributed by atoms with Crippen molar-refractivity contribution in [3.8, 4) is 5.75 Å². The van der Waals surface area contributed by atoms with Gasteiger partial charge in [0, 0.05) is 22.3 Å². The smallest absolute Gasteiger partial charge is 0.141 e. The fourth-order valence-corrected chi connectivity index (χ4v) is 2.56. The maximum atomic E-state index is 12.1. The van der Waals surface area contributed by atoms with Gasteiger partial charge < -0.3 is 4.74 Å². The first kappa shape index (κ1) is 15.1. The fourth-order valence-electron chi connectivity index (χ4n) is 1.96. The van der Waals surface area contributed by atoms with E-state index in [0.29, 0.717) is 17.9 Å². The van der Waals surface area contributed by atoms with Gasteiger partial charge >= 0.3 is 0 Å². The number of hydrogen-bond acceptors (Lipinski definition) is 2. The van der Waals surface area contributed by atoms with Gasteiger partial charge in [-0.25, -0.2) is 0 Å². The largest absolute Gasteiger partial charge is 0.497 e. The van der Waals surface area contributed by atoms with Gasteiger partial charge in [-0.1, -0.05) is 39.7 Å². The molecule has 0 spiro atoms. The molecule has 0 aliphatic heterocycles. The first-order valence-electron chi connectivity index (χ1n) is 6.17. The first-order chi connectivity index (χ1) is 9.58. The van der Waals surface area contributed by atoms with Crippen LogP contribution in [0.25, 0.3) is 0 Å². The summed E-state index contributed by atoms with van der Waals surface area (Å²) < 4.78 is 6.09. The van der Waals surface area contributed by atoms with Crippen LogP contribution in [0.15, 0.2) is 46.9 Å². The van der Waals surface area contributed by atoms with Crippen LogP contribution < -0.4 is 4.74 Å². The number of hydrogen-bond donors (Lipinski definition) is 0. The Balaban J connectivity index is 2.08. The van der Waals surface area contributed by atoms with Crippen molar-refractivity contribution in [1.82, 2.24) is 0 Å². The lowest BCUT2D eigenvalue weighted by molar-refractivity contribution is -0.117. The van der Waals surface area contributed by atoms with Crippen molar-refractivity contribution in [1.29, 1.82) is 0 Å². The molecule has 2 aromatic carbocycles. The quantitative estimate of drug-likeness (QED) is 0.793. The van der Waals surface area contributed by atoms with Crippen LogP contribution in [0.4, 0.5) is 0 Å². The number of carbonyl (C=O) groups excluding carboxylic acids is 1. The predicted octanol–water partition coefficient (Wildman–Crippen LogP) is 4.47. The molecule has 0 aliphatic rings. The molecule has 0 atom stereocenters. The molecule has 104 valence electrons. The molecule has 0 saturated carbocycles. The minimum absolute atomic E-state index is 0.140. The molecule has 2 rings (SSSR count). The average Bonchev–Trinajstić information content (AvgIpc) is 2.41. The van der Waals surface area contributed by atoms with Crippen LogP contribution in [-0.4, -0.2) is 12.9 Å². The van der Waals surface area contributed by atoms with Crippen molar-refractivity contribution >= 4 is 33.3 Å². The molecule has 0 fully saturated rings. The molecule has 4 heteroatoms. The SMILES string of the molecule is COc1ccc(Br)c(CC(=O)Cc2cccc(Cl)c2)c1. The van der Waals surface area contributed by atoms with E-state index in [4.69, 9.17) is 16.3 Å². The summed E-state index contributed by atoms with van der Waals surface area (Å²) in [5, 5.41) is 0.651. The predicted molar refractivity (Wildman–Crippen MR) is 84.6 cm³/mol. The van der Waals surface area contributed by atoms with Crippen molar-refractivity contribution in [3.63, 3.8) is 0 Å². The molecule has 0 N–H and O–H groups in total. The molecule has 0 aromatic heterocycles. The first-order valence-corrected chi connectivity index (χ1v) is 7.34. The summed E-state index contributed by atoms with van der Waals surface area (Å²) in [6.45, 7) is 0. The number of rotatable bonds is 5. The summed E-state index contributed by atoms with van der Waals surface area (Å²) in [4.78, 5) is 12.1. The second-order valence-corrected chi connectivity index (χ2v) is 5.77. The Morgan fingerprint density at radius 2 is 2.00 bits per heavy atom. The van der Waals surface area contributed by atoms with Crippen LogP contribution in [0.1, 0.15) is 11.1 Å². The van der Waals surface area contributed by atoms with Crippen molar-refractivity contribution in [2.24, 2.45) is 0 Å². The highest BCUT2D eigenvalue weighted by molar-refractivity contribution is 9.10. The Bertz CT molecular complexity index is 626. The third kappa shape index (κ3) is 4.09. The third-order valence-corrected chi connectivity index (χ3v) is 3.94. The molecular weight excluding hydrogens is 340 g/mol.